The van der Waals surface area contributed by atoms with Crippen molar-refractivity contribution in [3.8, 4) is 5.75 Å². The lowest BCUT2D eigenvalue weighted by atomic mass is 9.95. The van der Waals surface area contributed by atoms with Crippen molar-refractivity contribution in [2.24, 2.45) is 0 Å². The molecule has 1 saturated heterocycles. The zero-order valence-electron chi connectivity index (χ0n) is 18.3. The highest BCUT2D eigenvalue weighted by atomic mass is 16.5. The summed E-state index contributed by atoms with van der Waals surface area (Å²) in [5, 5.41) is 11.1. The molecule has 1 N–H and O–H groups in total. The Kier molecular flexibility index (Phi) is 6.97. The van der Waals surface area contributed by atoms with Crippen LogP contribution in [-0.2, 0) is 14.3 Å². The van der Waals surface area contributed by atoms with Gasteiger partial charge in [0.05, 0.1) is 18.7 Å². The molecule has 1 amide bonds. The second-order valence-electron chi connectivity index (χ2n) is 7.56. The number of hydrogen-bond acceptors (Lipinski definition) is 6. The van der Waals surface area contributed by atoms with Crippen molar-refractivity contribution < 1.29 is 24.2 Å². The Balaban J connectivity index is 2.11. The number of carbonyl (C=O) groups excluding carboxylic acids is 2. The zero-order valence-corrected chi connectivity index (χ0v) is 18.3. The van der Waals surface area contributed by atoms with Gasteiger partial charge in [-0.2, -0.15) is 0 Å². The van der Waals surface area contributed by atoms with Crippen LogP contribution in [0.25, 0.3) is 5.76 Å². The van der Waals surface area contributed by atoms with E-state index >= 15 is 0 Å². The molecule has 2 aromatic carbocycles. The summed E-state index contributed by atoms with van der Waals surface area (Å²) in [7, 11) is 7.00. The van der Waals surface area contributed by atoms with Crippen molar-refractivity contribution in [2.45, 2.75) is 12.5 Å². The average Bonchev–Trinajstić information content (AvgIpc) is 3.03. The number of Topliss-reactive ketones (excluding diaryl/α,β-unsaturated/α-hetero) is 1. The number of likely N-dealkylation sites (tertiary alicyclic amines) is 1. The summed E-state index contributed by atoms with van der Waals surface area (Å²) in [6.07, 6.45) is 0.578. The van der Waals surface area contributed by atoms with Crippen LogP contribution >= 0.6 is 0 Å². The van der Waals surface area contributed by atoms with E-state index in [0.29, 0.717) is 30.9 Å². The van der Waals surface area contributed by atoms with Gasteiger partial charge in [0.1, 0.15) is 11.5 Å². The fraction of sp³-hybridized carbons (Fsp3) is 0.333. The summed E-state index contributed by atoms with van der Waals surface area (Å²) in [4.78, 5) is 29.4. The van der Waals surface area contributed by atoms with E-state index in [9.17, 15) is 14.7 Å². The molecule has 0 saturated carbocycles. The van der Waals surface area contributed by atoms with Crippen LogP contribution in [0.1, 0.15) is 23.6 Å². The summed E-state index contributed by atoms with van der Waals surface area (Å²) in [6, 6.07) is 13.7. The molecule has 0 bridgehead atoms. The number of ether oxygens (including phenoxy) is 2. The minimum Gasteiger partial charge on any atom is -0.507 e. The molecular weight excluding hydrogens is 396 g/mol. The normalized spacial score (nSPS) is 17.8. The number of aliphatic hydroxyl groups excluding tert-OH is 1. The third kappa shape index (κ3) is 4.56. The SMILES string of the molecule is COCCCN1C(=O)C(=O)C(=C(O)c2cccc(OC)c2)C1c1ccc(N(C)C)cc1. The first kappa shape index (κ1) is 22.4. The number of anilines is 1. The number of hydrogen-bond donors (Lipinski definition) is 1. The molecule has 31 heavy (non-hydrogen) atoms. The van der Waals surface area contributed by atoms with Crippen LogP contribution in [0, 0.1) is 0 Å². The van der Waals surface area contributed by atoms with Gasteiger partial charge in [-0.15, -0.1) is 0 Å². The highest BCUT2D eigenvalue weighted by molar-refractivity contribution is 6.46. The van der Waals surface area contributed by atoms with Crippen LogP contribution in [0.3, 0.4) is 0 Å². The minimum atomic E-state index is -0.695. The van der Waals surface area contributed by atoms with Crippen LogP contribution in [0.5, 0.6) is 5.75 Å². The van der Waals surface area contributed by atoms with Crippen molar-refractivity contribution >= 4 is 23.1 Å². The summed E-state index contributed by atoms with van der Waals surface area (Å²) in [5.41, 5.74) is 2.25. The number of nitrogens with zero attached hydrogens (tertiary/aromatic N) is 2. The molecule has 3 rings (SSSR count). The summed E-state index contributed by atoms with van der Waals surface area (Å²) >= 11 is 0. The number of aliphatic hydroxyl groups is 1. The Bertz CT molecular complexity index is 982. The van der Waals surface area contributed by atoms with Gasteiger partial charge in [-0.3, -0.25) is 9.59 Å². The molecule has 0 aliphatic carbocycles. The second-order valence-corrected chi connectivity index (χ2v) is 7.56. The maximum Gasteiger partial charge on any atom is 0.295 e. The fourth-order valence-electron chi connectivity index (χ4n) is 3.72. The first-order chi connectivity index (χ1) is 14.9. The van der Waals surface area contributed by atoms with Gasteiger partial charge in [0.25, 0.3) is 11.7 Å². The number of rotatable bonds is 8. The lowest BCUT2D eigenvalue weighted by Gasteiger charge is -2.26. The molecule has 1 fully saturated rings. The zero-order chi connectivity index (χ0) is 22.5. The van der Waals surface area contributed by atoms with E-state index in [-0.39, 0.29) is 11.3 Å². The van der Waals surface area contributed by atoms with E-state index in [1.807, 2.05) is 43.3 Å². The molecule has 1 atom stereocenters. The molecule has 1 unspecified atom stereocenters. The molecule has 0 aromatic heterocycles. The summed E-state index contributed by atoms with van der Waals surface area (Å²) in [5.74, 6) is -0.986. The highest BCUT2D eigenvalue weighted by Gasteiger charge is 2.45. The lowest BCUT2D eigenvalue weighted by Crippen LogP contribution is -2.31. The number of benzene rings is 2. The predicted molar refractivity (Wildman–Crippen MR) is 119 cm³/mol. The lowest BCUT2D eigenvalue weighted by molar-refractivity contribution is -0.140. The summed E-state index contributed by atoms with van der Waals surface area (Å²) in [6.45, 7) is 0.804. The predicted octanol–water partition coefficient (Wildman–Crippen LogP) is 3.22. The monoisotopic (exact) mass is 424 g/mol. The number of carbonyl (C=O) groups is 2. The van der Waals surface area contributed by atoms with E-state index < -0.39 is 17.7 Å². The topological polar surface area (TPSA) is 79.3 Å². The molecular formula is C24H28N2O5. The molecule has 2 aromatic rings. The van der Waals surface area contributed by atoms with E-state index in [0.717, 1.165) is 11.3 Å². The largest absolute Gasteiger partial charge is 0.507 e. The van der Waals surface area contributed by atoms with E-state index in [1.54, 1.807) is 31.4 Å². The fourth-order valence-corrected chi connectivity index (χ4v) is 3.72. The number of ketones is 1. The third-order valence-corrected chi connectivity index (χ3v) is 5.36. The van der Waals surface area contributed by atoms with Gasteiger partial charge in [0.2, 0.25) is 0 Å². The van der Waals surface area contributed by atoms with Crippen LogP contribution in [0.4, 0.5) is 5.69 Å². The molecule has 1 aliphatic heterocycles. The van der Waals surface area contributed by atoms with Gasteiger partial charge in [-0.05, 0) is 36.2 Å². The van der Waals surface area contributed by atoms with Crippen LogP contribution in [0.15, 0.2) is 54.1 Å². The Labute approximate surface area is 182 Å². The maximum atomic E-state index is 13.0. The van der Waals surface area contributed by atoms with Crippen molar-refractivity contribution in [3.05, 3.63) is 65.2 Å². The Hall–Kier alpha value is -3.32. The number of amides is 1. The molecule has 0 radical (unpaired) electrons. The summed E-state index contributed by atoms with van der Waals surface area (Å²) < 4.78 is 10.3. The van der Waals surface area contributed by atoms with Crippen molar-refractivity contribution in [3.63, 3.8) is 0 Å². The van der Waals surface area contributed by atoms with Gasteiger partial charge in [-0.25, -0.2) is 0 Å². The van der Waals surface area contributed by atoms with Crippen LogP contribution in [-0.4, -0.2) is 63.2 Å². The van der Waals surface area contributed by atoms with Crippen molar-refractivity contribution in [2.75, 3.05) is 46.4 Å². The maximum absolute atomic E-state index is 13.0. The van der Waals surface area contributed by atoms with Gasteiger partial charge >= 0.3 is 0 Å². The van der Waals surface area contributed by atoms with Crippen molar-refractivity contribution in [1.29, 1.82) is 0 Å². The Morgan fingerprint density at radius 3 is 2.42 bits per heavy atom. The highest BCUT2D eigenvalue weighted by Crippen LogP contribution is 2.40. The van der Waals surface area contributed by atoms with E-state index in [2.05, 4.69) is 0 Å². The Morgan fingerprint density at radius 2 is 1.81 bits per heavy atom. The molecule has 7 nitrogen and oxygen atoms in total. The van der Waals surface area contributed by atoms with E-state index in [4.69, 9.17) is 9.47 Å². The standard InChI is InChI=1S/C24H28N2O5/c1-25(2)18-11-9-16(10-12-18)21-20(22(27)17-7-5-8-19(15-17)31-4)23(28)24(29)26(21)13-6-14-30-3/h5,7-12,15,21,27H,6,13-14H2,1-4H3. The Morgan fingerprint density at radius 1 is 1.10 bits per heavy atom. The first-order valence-corrected chi connectivity index (χ1v) is 10.1. The molecule has 7 heteroatoms. The minimum absolute atomic E-state index is 0.0771. The van der Waals surface area contributed by atoms with Gasteiger partial charge in [-0.1, -0.05) is 24.3 Å². The third-order valence-electron chi connectivity index (χ3n) is 5.36. The average molecular weight is 424 g/mol. The second kappa shape index (κ2) is 9.66. The molecule has 0 spiro atoms. The molecule has 164 valence electrons. The van der Waals surface area contributed by atoms with E-state index in [1.165, 1.54) is 12.0 Å². The van der Waals surface area contributed by atoms with Gasteiger partial charge < -0.3 is 24.4 Å². The van der Waals surface area contributed by atoms with Gasteiger partial charge in [0.15, 0.2) is 0 Å². The molecule has 1 aliphatic rings. The quantitative estimate of drug-likeness (QED) is 0.303. The van der Waals surface area contributed by atoms with Crippen LogP contribution in [0.2, 0.25) is 0 Å². The van der Waals surface area contributed by atoms with Gasteiger partial charge in [0, 0.05) is 45.6 Å². The first-order valence-electron chi connectivity index (χ1n) is 10.1. The smallest absolute Gasteiger partial charge is 0.295 e. The molecule has 1 heterocycles. The number of methoxy groups -OCH3 is 2. The van der Waals surface area contributed by atoms with Crippen LogP contribution < -0.4 is 9.64 Å². The van der Waals surface area contributed by atoms with Crippen molar-refractivity contribution in [1.82, 2.24) is 4.90 Å².